The molecule has 0 unspecified atom stereocenters. The van der Waals surface area contributed by atoms with Gasteiger partial charge in [0.2, 0.25) is 11.7 Å². The molecule has 1 aliphatic carbocycles. The van der Waals surface area contributed by atoms with Crippen molar-refractivity contribution in [2.45, 2.75) is 25.4 Å². The molecule has 8 nitrogen and oxygen atoms in total. The van der Waals surface area contributed by atoms with Crippen LogP contribution in [0.3, 0.4) is 0 Å². The van der Waals surface area contributed by atoms with E-state index in [2.05, 4.69) is 30.6 Å². The second-order valence-electron chi connectivity index (χ2n) is 6.83. The van der Waals surface area contributed by atoms with Crippen LogP contribution in [0.5, 0.6) is 0 Å². The summed E-state index contributed by atoms with van der Waals surface area (Å²) in [6.07, 6.45) is 2.62. The van der Waals surface area contributed by atoms with Gasteiger partial charge in [0.1, 0.15) is 11.7 Å². The van der Waals surface area contributed by atoms with E-state index in [1.54, 1.807) is 18.3 Å². The Kier molecular flexibility index (Phi) is 3.68. The van der Waals surface area contributed by atoms with Crippen LogP contribution in [0.4, 0.5) is 10.1 Å². The number of H-pyrrole nitrogens is 1. The number of halogens is 1. The number of rotatable bonds is 4. The van der Waals surface area contributed by atoms with Crippen LogP contribution in [-0.4, -0.2) is 37.4 Å². The van der Waals surface area contributed by atoms with E-state index in [1.165, 1.54) is 6.20 Å². The van der Waals surface area contributed by atoms with Crippen molar-refractivity contribution in [3.05, 3.63) is 53.7 Å². The number of nitrogens with zero attached hydrogens (tertiary/aromatic N) is 4. The van der Waals surface area contributed by atoms with Gasteiger partial charge in [-0.3, -0.25) is 14.9 Å². The van der Waals surface area contributed by atoms with E-state index in [1.807, 2.05) is 19.1 Å². The zero-order valence-corrected chi connectivity index (χ0v) is 14.8. The molecule has 3 heterocycles. The van der Waals surface area contributed by atoms with Gasteiger partial charge >= 0.3 is 0 Å². The van der Waals surface area contributed by atoms with Gasteiger partial charge in [-0.1, -0.05) is 17.3 Å². The van der Waals surface area contributed by atoms with Gasteiger partial charge in [0.25, 0.3) is 5.91 Å². The first-order valence-electron chi connectivity index (χ1n) is 8.77. The number of anilines is 1. The second-order valence-corrected chi connectivity index (χ2v) is 6.83. The lowest BCUT2D eigenvalue weighted by molar-refractivity contribution is 0.102. The number of amides is 1. The quantitative estimate of drug-likeness (QED) is 0.563. The molecule has 1 saturated carbocycles. The lowest BCUT2D eigenvalue weighted by atomic mass is 10.1. The number of fused-ring (bicyclic) bond motifs is 1. The molecule has 2 atom stereocenters. The first-order valence-corrected chi connectivity index (χ1v) is 8.77. The van der Waals surface area contributed by atoms with Gasteiger partial charge in [-0.05, 0) is 31.0 Å². The average molecular weight is 378 g/mol. The van der Waals surface area contributed by atoms with Gasteiger partial charge in [-0.2, -0.15) is 10.1 Å². The highest BCUT2D eigenvalue weighted by atomic mass is 19.1. The van der Waals surface area contributed by atoms with Gasteiger partial charge in [0.05, 0.1) is 23.2 Å². The molecule has 1 fully saturated rings. The highest BCUT2D eigenvalue weighted by Crippen LogP contribution is 2.43. The molecule has 0 spiro atoms. The maximum Gasteiger partial charge on any atom is 0.257 e. The van der Waals surface area contributed by atoms with E-state index in [0.29, 0.717) is 46.0 Å². The summed E-state index contributed by atoms with van der Waals surface area (Å²) in [6.45, 7) is 1.88. The van der Waals surface area contributed by atoms with Crippen LogP contribution in [0, 0.1) is 6.92 Å². The minimum atomic E-state index is -0.901. The lowest BCUT2D eigenvalue weighted by Gasteiger charge is -2.09. The number of hydrogen-bond donors (Lipinski definition) is 2. The summed E-state index contributed by atoms with van der Waals surface area (Å²) < 4.78 is 18.3. The van der Waals surface area contributed by atoms with Crippen molar-refractivity contribution in [3.8, 4) is 11.4 Å². The summed E-state index contributed by atoms with van der Waals surface area (Å²) in [5, 5.41) is 13.5. The van der Waals surface area contributed by atoms with Gasteiger partial charge in [0, 0.05) is 17.4 Å². The summed E-state index contributed by atoms with van der Waals surface area (Å²) in [5.41, 5.74) is 3.95. The Hall–Kier alpha value is -3.62. The summed E-state index contributed by atoms with van der Waals surface area (Å²) in [4.78, 5) is 21.1. The molecule has 5 rings (SSSR count). The number of aromatic amines is 1. The predicted molar refractivity (Wildman–Crippen MR) is 98.6 cm³/mol. The molecule has 1 amide bonds. The van der Waals surface area contributed by atoms with Crippen molar-refractivity contribution in [2.24, 2.45) is 0 Å². The topological polar surface area (TPSA) is 110 Å². The standard InChI is InChI=1S/C19H15FN6O2/c1-9-2-3-10(17-24-19(28-26-17)12-6-13(12)20)4-14(9)23-18(27)11-5-15-16(21-7-11)8-22-25-15/h2-5,7-8,12-13H,6H2,1H3,(H,22,25)(H,23,27)/t12-,13-/m0/s1. The molecule has 0 aliphatic heterocycles. The first kappa shape index (κ1) is 16.5. The number of carbonyl (C=O) groups is 1. The second kappa shape index (κ2) is 6.22. The Labute approximate surface area is 158 Å². The van der Waals surface area contributed by atoms with E-state index in [4.69, 9.17) is 4.52 Å². The van der Waals surface area contributed by atoms with E-state index < -0.39 is 6.17 Å². The van der Waals surface area contributed by atoms with Crippen LogP contribution in [0.1, 0.15) is 34.2 Å². The van der Waals surface area contributed by atoms with E-state index in [9.17, 15) is 9.18 Å². The molecule has 0 bridgehead atoms. The number of benzene rings is 1. The van der Waals surface area contributed by atoms with Crippen molar-refractivity contribution in [2.75, 3.05) is 5.32 Å². The van der Waals surface area contributed by atoms with Crippen molar-refractivity contribution >= 4 is 22.6 Å². The van der Waals surface area contributed by atoms with Crippen LogP contribution in [0.15, 0.2) is 41.2 Å². The summed E-state index contributed by atoms with van der Waals surface area (Å²) in [5.74, 6) is 0.0878. The number of aromatic nitrogens is 5. The Balaban J connectivity index is 1.40. The highest BCUT2D eigenvalue weighted by Gasteiger charge is 2.43. The third-order valence-corrected chi connectivity index (χ3v) is 4.77. The summed E-state index contributed by atoms with van der Waals surface area (Å²) >= 11 is 0. The average Bonchev–Trinajstić information content (AvgIpc) is 3.11. The number of pyridine rings is 1. The molecule has 140 valence electrons. The molecule has 1 aliphatic rings. The Morgan fingerprint density at radius 3 is 3.00 bits per heavy atom. The van der Waals surface area contributed by atoms with Crippen molar-refractivity contribution in [3.63, 3.8) is 0 Å². The smallest absolute Gasteiger partial charge is 0.257 e. The van der Waals surface area contributed by atoms with Crippen molar-refractivity contribution < 1.29 is 13.7 Å². The zero-order chi connectivity index (χ0) is 19.3. The van der Waals surface area contributed by atoms with Crippen LogP contribution in [-0.2, 0) is 0 Å². The third-order valence-electron chi connectivity index (χ3n) is 4.77. The zero-order valence-electron chi connectivity index (χ0n) is 14.8. The largest absolute Gasteiger partial charge is 0.339 e. The monoisotopic (exact) mass is 378 g/mol. The first-order chi connectivity index (χ1) is 13.6. The molecule has 4 aromatic rings. The molecule has 1 aromatic carbocycles. The normalized spacial score (nSPS) is 18.4. The molecule has 2 N–H and O–H groups in total. The minimum absolute atomic E-state index is 0.295. The Morgan fingerprint density at radius 1 is 1.32 bits per heavy atom. The fraction of sp³-hybridized carbons (Fsp3) is 0.211. The molecule has 0 radical (unpaired) electrons. The highest BCUT2D eigenvalue weighted by molar-refractivity contribution is 6.06. The Bertz CT molecular complexity index is 1200. The molecule has 3 aromatic heterocycles. The van der Waals surface area contributed by atoms with Gasteiger partial charge in [-0.15, -0.1) is 0 Å². The van der Waals surface area contributed by atoms with Crippen molar-refractivity contribution in [1.82, 2.24) is 25.3 Å². The van der Waals surface area contributed by atoms with Gasteiger partial charge in [0.15, 0.2) is 0 Å². The van der Waals surface area contributed by atoms with Gasteiger partial charge in [-0.25, -0.2) is 4.39 Å². The molecule has 28 heavy (non-hydrogen) atoms. The number of alkyl halides is 1. The van der Waals surface area contributed by atoms with E-state index >= 15 is 0 Å². The maximum absolute atomic E-state index is 13.2. The fourth-order valence-electron chi connectivity index (χ4n) is 2.97. The number of carbonyl (C=O) groups excluding carboxylic acids is 1. The molecule has 9 heteroatoms. The Morgan fingerprint density at radius 2 is 2.18 bits per heavy atom. The van der Waals surface area contributed by atoms with E-state index in [0.717, 1.165) is 5.56 Å². The lowest BCUT2D eigenvalue weighted by Crippen LogP contribution is -2.13. The maximum atomic E-state index is 13.2. The van der Waals surface area contributed by atoms with Crippen LogP contribution >= 0.6 is 0 Å². The van der Waals surface area contributed by atoms with Gasteiger partial charge < -0.3 is 9.84 Å². The van der Waals surface area contributed by atoms with Crippen LogP contribution in [0.25, 0.3) is 22.4 Å². The van der Waals surface area contributed by atoms with E-state index in [-0.39, 0.29) is 11.8 Å². The third kappa shape index (κ3) is 2.90. The summed E-state index contributed by atoms with van der Waals surface area (Å²) in [6, 6.07) is 7.15. The number of nitrogens with one attached hydrogen (secondary N) is 2. The summed E-state index contributed by atoms with van der Waals surface area (Å²) in [7, 11) is 0. The van der Waals surface area contributed by atoms with Crippen molar-refractivity contribution in [1.29, 1.82) is 0 Å². The fourth-order valence-corrected chi connectivity index (χ4v) is 2.97. The SMILES string of the molecule is Cc1ccc(-c2noc([C@H]3C[C@@H]3F)n2)cc1NC(=O)c1cnc2cn[nH]c2c1. The molecule has 0 saturated heterocycles. The predicted octanol–water partition coefficient (Wildman–Crippen LogP) is 3.39. The minimum Gasteiger partial charge on any atom is -0.339 e. The van der Waals surface area contributed by atoms with Crippen LogP contribution in [0.2, 0.25) is 0 Å². The number of hydrogen-bond acceptors (Lipinski definition) is 6. The number of aryl methyl sites for hydroxylation is 1. The molecular formula is C19H15FN6O2. The van der Waals surface area contributed by atoms with Crippen LogP contribution < -0.4 is 5.32 Å². The molecular weight excluding hydrogens is 363 g/mol.